The van der Waals surface area contributed by atoms with Gasteiger partial charge in [-0.15, -0.1) is 0 Å². The van der Waals surface area contributed by atoms with Crippen LogP contribution in [0.1, 0.15) is 32.1 Å². The van der Waals surface area contributed by atoms with E-state index in [0.717, 1.165) is 64.8 Å². The molecule has 1 aliphatic carbocycles. The third kappa shape index (κ3) is 5.44. The summed E-state index contributed by atoms with van der Waals surface area (Å²) in [6.07, 6.45) is 7.88. The van der Waals surface area contributed by atoms with Crippen LogP contribution in [0.4, 0.5) is 5.82 Å². The summed E-state index contributed by atoms with van der Waals surface area (Å²) in [6, 6.07) is 3.83. The van der Waals surface area contributed by atoms with Crippen molar-refractivity contribution in [1.82, 2.24) is 20.1 Å². The molecular formula is C22H34ClN5O2. The molecule has 1 amide bonds. The molecule has 1 saturated carbocycles. The molecule has 7 nitrogen and oxygen atoms in total. The van der Waals surface area contributed by atoms with Gasteiger partial charge in [0.05, 0.1) is 24.8 Å². The summed E-state index contributed by atoms with van der Waals surface area (Å²) in [7, 11) is 0. The van der Waals surface area contributed by atoms with Gasteiger partial charge in [0.1, 0.15) is 5.82 Å². The molecule has 0 atom stereocenters. The number of hydrogen-bond donors (Lipinski definition) is 1. The molecule has 0 radical (unpaired) electrons. The van der Waals surface area contributed by atoms with E-state index >= 15 is 0 Å². The Morgan fingerprint density at radius 3 is 2.47 bits per heavy atom. The van der Waals surface area contributed by atoms with Crippen molar-refractivity contribution in [3.05, 3.63) is 23.4 Å². The zero-order valence-electron chi connectivity index (χ0n) is 17.8. The summed E-state index contributed by atoms with van der Waals surface area (Å²) >= 11 is 5.93. The second-order valence-corrected chi connectivity index (χ2v) is 9.20. The summed E-state index contributed by atoms with van der Waals surface area (Å²) < 4.78 is 5.56. The minimum Gasteiger partial charge on any atom is -0.379 e. The average Bonchev–Trinajstić information content (AvgIpc) is 2.80. The van der Waals surface area contributed by atoms with Crippen LogP contribution in [0.3, 0.4) is 0 Å². The SMILES string of the molecule is O=C(CN1CCN(c2ccc(Cl)cn2)CC1)NCC1(N2CCOCC2)CCCCC1. The van der Waals surface area contributed by atoms with Crippen LogP contribution in [0, 0.1) is 0 Å². The monoisotopic (exact) mass is 435 g/mol. The number of anilines is 1. The summed E-state index contributed by atoms with van der Waals surface area (Å²) in [4.78, 5) is 24.2. The number of ether oxygens (including phenoxy) is 1. The predicted molar refractivity (Wildman–Crippen MR) is 119 cm³/mol. The molecule has 1 aromatic rings. The Bertz CT molecular complexity index is 681. The smallest absolute Gasteiger partial charge is 0.234 e. The second kappa shape index (κ2) is 10.3. The maximum Gasteiger partial charge on any atom is 0.234 e. The van der Waals surface area contributed by atoms with Crippen molar-refractivity contribution in [1.29, 1.82) is 0 Å². The van der Waals surface area contributed by atoms with E-state index in [1.807, 2.05) is 12.1 Å². The maximum atomic E-state index is 12.7. The molecule has 0 unspecified atom stereocenters. The van der Waals surface area contributed by atoms with Gasteiger partial charge in [0.2, 0.25) is 5.91 Å². The molecule has 0 spiro atoms. The van der Waals surface area contributed by atoms with Crippen LogP contribution in [0.2, 0.25) is 5.02 Å². The Kier molecular flexibility index (Phi) is 7.46. The number of rotatable bonds is 6. The fraction of sp³-hybridized carbons (Fsp3) is 0.727. The van der Waals surface area contributed by atoms with Gasteiger partial charge in [0.15, 0.2) is 0 Å². The van der Waals surface area contributed by atoms with E-state index in [9.17, 15) is 4.79 Å². The third-order valence-electron chi connectivity index (χ3n) is 6.86. The Hall–Kier alpha value is -1.41. The summed E-state index contributed by atoms with van der Waals surface area (Å²) in [5.41, 5.74) is 0.122. The number of halogens is 1. The molecule has 2 aliphatic heterocycles. The van der Waals surface area contributed by atoms with Crippen LogP contribution in [0.25, 0.3) is 0 Å². The van der Waals surface area contributed by atoms with Gasteiger partial charge >= 0.3 is 0 Å². The van der Waals surface area contributed by atoms with E-state index in [1.54, 1.807) is 6.20 Å². The first-order chi connectivity index (χ1) is 14.6. The zero-order valence-corrected chi connectivity index (χ0v) is 18.6. The zero-order chi connectivity index (χ0) is 20.8. The molecule has 8 heteroatoms. The number of hydrogen-bond acceptors (Lipinski definition) is 6. The molecule has 3 aliphatic rings. The van der Waals surface area contributed by atoms with Crippen LogP contribution < -0.4 is 10.2 Å². The normalized spacial score (nSPS) is 23.3. The van der Waals surface area contributed by atoms with Gasteiger partial charge in [-0.05, 0) is 25.0 Å². The van der Waals surface area contributed by atoms with E-state index in [0.29, 0.717) is 11.6 Å². The van der Waals surface area contributed by atoms with Gasteiger partial charge < -0.3 is 15.0 Å². The van der Waals surface area contributed by atoms with Crippen LogP contribution in [-0.2, 0) is 9.53 Å². The van der Waals surface area contributed by atoms with E-state index in [4.69, 9.17) is 16.3 Å². The van der Waals surface area contributed by atoms with E-state index in [1.165, 1.54) is 32.1 Å². The number of amides is 1. The van der Waals surface area contributed by atoms with Crippen molar-refractivity contribution < 1.29 is 9.53 Å². The number of carbonyl (C=O) groups excluding carboxylic acids is 1. The summed E-state index contributed by atoms with van der Waals surface area (Å²) in [5.74, 6) is 1.10. The Balaban J connectivity index is 1.24. The van der Waals surface area contributed by atoms with Gasteiger partial charge in [0.25, 0.3) is 0 Å². The third-order valence-corrected chi connectivity index (χ3v) is 7.08. The molecule has 0 aromatic carbocycles. The topological polar surface area (TPSA) is 60.9 Å². The number of morpholine rings is 1. The highest BCUT2D eigenvalue weighted by molar-refractivity contribution is 6.30. The molecule has 0 bridgehead atoms. The molecular weight excluding hydrogens is 402 g/mol. The first-order valence-corrected chi connectivity index (χ1v) is 11.7. The second-order valence-electron chi connectivity index (χ2n) is 8.76. The molecule has 2 saturated heterocycles. The van der Waals surface area contributed by atoms with E-state index < -0.39 is 0 Å². The summed E-state index contributed by atoms with van der Waals surface area (Å²) in [6.45, 7) is 8.30. The summed E-state index contributed by atoms with van der Waals surface area (Å²) in [5, 5.41) is 3.94. The predicted octanol–water partition coefficient (Wildman–Crippen LogP) is 2.01. The number of nitrogens with one attached hydrogen (secondary N) is 1. The number of pyridine rings is 1. The van der Waals surface area contributed by atoms with Crippen molar-refractivity contribution in [2.24, 2.45) is 0 Å². The highest BCUT2D eigenvalue weighted by Gasteiger charge is 2.38. The van der Waals surface area contributed by atoms with Gasteiger partial charge in [-0.25, -0.2) is 4.98 Å². The fourth-order valence-electron chi connectivity index (χ4n) is 5.06. The van der Waals surface area contributed by atoms with Gasteiger partial charge in [-0.2, -0.15) is 0 Å². The minimum atomic E-state index is 0.122. The fourth-order valence-corrected chi connectivity index (χ4v) is 5.18. The molecule has 3 fully saturated rings. The number of aromatic nitrogens is 1. The van der Waals surface area contributed by atoms with E-state index in [2.05, 4.69) is 25.0 Å². The molecule has 1 aromatic heterocycles. The van der Waals surface area contributed by atoms with Gasteiger partial charge in [0, 0.05) is 57.5 Å². The standard InChI is InChI=1S/C22H34ClN5O2/c23-19-4-5-20(24-16-19)27-10-8-26(9-11-27)17-21(29)25-18-22(6-2-1-3-7-22)28-12-14-30-15-13-28/h4-5,16H,1-3,6-15,17-18H2,(H,25,29). The van der Waals surface area contributed by atoms with Crippen LogP contribution in [0.5, 0.6) is 0 Å². The van der Waals surface area contributed by atoms with Crippen molar-refractivity contribution in [2.45, 2.75) is 37.6 Å². The molecule has 3 heterocycles. The Morgan fingerprint density at radius 1 is 1.07 bits per heavy atom. The van der Waals surface area contributed by atoms with Crippen molar-refractivity contribution in [2.75, 3.05) is 70.5 Å². The molecule has 4 rings (SSSR count). The number of piperazine rings is 1. The Labute approximate surface area is 184 Å². The van der Waals surface area contributed by atoms with Crippen LogP contribution >= 0.6 is 11.6 Å². The van der Waals surface area contributed by atoms with Crippen LogP contribution in [0.15, 0.2) is 18.3 Å². The lowest BCUT2D eigenvalue weighted by Gasteiger charge is -2.48. The van der Waals surface area contributed by atoms with E-state index in [-0.39, 0.29) is 11.4 Å². The maximum absolute atomic E-state index is 12.7. The quantitative estimate of drug-likeness (QED) is 0.737. The number of carbonyl (C=O) groups is 1. The lowest BCUT2D eigenvalue weighted by molar-refractivity contribution is -0.123. The molecule has 166 valence electrons. The lowest BCUT2D eigenvalue weighted by atomic mass is 9.79. The molecule has 30 heavy (non-hydrogen) atoms. The highest BCUT2D eigenvalue weighted by Crippen LogP contribution is 2.33. The van der Waals surface area contributed by atoms with Gasteiger partial charge in [-0.1, -0.05) is 30.9 Å². The average molecular weight is 436 g/mol. The first-order valence-electron chi connectivity index (χ1n) is 11.3. The van der Waals surface area contributed by atoms with Gasteiger partial charge in [-0.3, -0.25) is 14.6 Å². The minimum absolute atomic E-state index is 0.122. The Morgan fingerprint density at radius 2 is 1.80 bits per heavy atom. The highest BCUT2D eigenvalue weighted by atomic mass is 35.5. The first kappa shape index (κ1) is 21.8. The number of nitrogens with zero attached hydrogens (tertiary/aromatic N) is 4. The van der Waals surface area contributed by atoms with Crippen molar-refractivity contribution >= 4 is 23.3 Å². The van der Waals surface area contributed by atoms with Crippen molar-refractivity contribution in [3.63, 3.8) is 0 Å². The van der Waals surface area contributed by atoms with Crippen molar-refractivity contribution in [3.8, 4) is 0 Å². The lowest BCUT2D eigenvalue weighted by Crippen LogP contribution is -2.60. The largest absolute Gasteiger partial charge is 0.379 e. The van der Waals surface area contributed by atoms with Crippen LogP contribution in [-0.4, -0.2) is 91.8 Å². The molecule has 1 N–H and O–H groups in total.